The van der Waals surface area contributed by atoms with E-state index in [4.69, 9.17) is 5.73 Å². The van der Waals surface area contributed by atoms with Crippen molar-refractivity contribution in [2.75, 3.05) is 32.7 Å². The molecule has 1 saturated heterocycles. The molecule has 0 spiro atoms. The van der Waals surface area contributed by atoms with Gasteiger partial charge in [-0.05, 0) is 38.9 Å². The molecule has 0 bridgehead atoms. The van der Waals surface area contributed by atoms with Crippen molar-refractivity contribution in [1.29, 1.82) is 0 Å². The van der Waals surface area contributed by atoms with Gasteiger partial charge in [0.05, 0.1) is 0 Å². The van der Waals surface area contributed by atoms with Crippen molar-refractivity contribution in [2.24, 2.45) is 11.1 Å². The second-order valence-corrected chi connectivity index (χ2v) is 5.93. The van der Waals surface area contributed by atoms with Crippen LogP contribution in [0.15, 0.2) is 0 Å². The number of hydrogen-bond donors (Lipinski definition) is 2. The molecule has 0 aromatic carbocycles. The summed E-state index contributed by atoms with van der Waals surface area (Å²) in [6.07, 6.45) is 6.04. The lowest BCUT2D eigenvalue weighted by molar-refractivity contribution is -0.129. The molecule has 1 aliphatic rings. The Bertz CT molecular complexity index is 245. The Morgan fingerprint density at radius 2 is 1.83 bits per heavy atom. The summed E-state index contributed by atoms with van der Waals surface area (Å²) >= 11 is 0. The monoisotopic (exact) mass is 255 g/mol. The first kappa shape index (κ1) is 15.4. The SMILES string of the molecule is CC(C)(CCN)C(=O)NCCN1CCCCCC1. The second kappa shape index (κ2) is 7.74. The quantitative estimate of drug-likeness (QED) is 0.753. The van der Waals surface area contributed by atoms with Crippen molar-refractivity contribution in [3.8, 4) is 0 Å². The minimum atomic E-state index is -0.340. The van der Waals surface area contributed by atoms with E-state index in [9.17, 15) is 4.79 Å². The molecule has 1 fully saturated rings. The number of nitrogens with zero attached hydrogens (tertiary/aromatic N) is 1. The van der Waals surface area contributed by atoms with Gasteiger partial charge in [-0.15, -0.1) is 0 Å². The third kappa shape index (κ3) is 5.36. The van der Waals surface area contributed by atoms with E-state index in [0.29, 0.717) is 6.54 Å². The molecule has 0 unspecified atom stereocenters. The van der Waals surface area contributed by atoms with Gasteiger partial charge < -0.3 is 16.0 Å². The maximum atomic E-state index is 12.0. The van der Waals surface area contributed by atoms with E-state index in [0.717, 1.165) is 19.5 Å². The minimum absolute atomic E-state index is 0.128. The van der Waals surface area contributed by atoms with Crippen molar-refractivity contribution >= 4 is 5.91 Å². The molecule has 1 aliphatic heterocycles. The van der Waals surface area contributed by atoms with Gasteiger partial charge in [-0.3, -0.25) is 4.79 Å². The summed E-state index contributed by atoms with van der Waals surface area (Å²) in [5, 5.41) is 3.04. The highest BCUT2D eigenvalue weighted by Gasteiger charge is 2.26. The van der Waals surface area contributed by atoms with Gasteiger partial charge in [-0.25, -0.2) is 0 Å². The van der Waals surface area contributed by atoms with Gasteiger partial charge in [0, 0.05) is 18.5 Å². The zero-order valence-electron chi connectivity index (χ0n) is 12.0. The summed E-state index contributed by atoms with van der Waals surface area (Å²) < 4.78 is 0. The lowest BCUT2D eigenvalue weighted by Crippen LogP contribution is -2.42. The van der Waals surface area contributed by atoms with E-state index in [1.807, 2.05) is 13.8 Å². The molecule has 0 saturated carbocycles. The fourth-order valence-electron chi connectivity index (χ4n) is 2.40. The van der Waals surface area contributed by atoms with Crippen molar-refractivity contribution in [2.45, 2.75) is 46.0 Å². The molecular weight excluding hydrogens is 226 g/mol. The van der Waals surface area contributed by atoms with Crippen LogP contribution in [0.2, 0.25) is 0 Å². The topological polar surface area (TPSA) is 58.4 Å². The van der Waals surface area contributed by atoms with Crippen molar-refractivity contribution in [3.63, 3.8) is 0 Å². The minimum Gasteiger partial charge on any atom is -0.354 e. The number of amides is 1. The van der Waals surface area contributed by atoms with Crippen LogP contribution in [0.1, 0.15) is 46.0 Å². The molecule has 1 amide bonds. The van der Waals surface area contributed by atoms with Crippen LogP contribution in [0.25, 0.3) is 0 Å². The maximum absolute atomic E-state index is 12.0. The Hall–Kier alpha value is -0.610. The third-order valence-electron chi connectivity index (χ3n) is 3.80. The fraction of sp³-hybridized carbons (Fsp3) is 0.929. The first-order valence-corrected chi connectivity index (χ1v) is 7.27. The zero-order valence-corrected chi connectivity index (χ0v) is 12.0. The van der Waals surface area contributed by atoms with Crippen LogP contribution in [0.5, 0.6) is 0 Å². The number of carbonyl (C=O) groups excluding carboxylic acids is 1. The molecule has 3 N–H and O–H groups in total. The predicted molar refractivity (Wildman–Crippen MR) is 75.4 cm³/mol. The summed E-state index contributed by atoms with van der Waals surface area (Å²) in [5.41, 5.74) is 5.19. The van der Waals surface area contributed by atoms with E-state index >= 15 is 0 Å². The van der Waals surface area contributed by atoms with Crippen LogP contribution in [-0.2, 0) is 4.79 Å². The second-order valence-electron chi connectivity index (χ2n) is 5.93. The normalized spacial score (nSPS) is 18.4. The van der Waals surface area contributed by atoms with Crippen LogP contribution in [0.3, 0.4) is 0 Å². The van der Waals surface area contributed by atoms with Crippen LogP contribution in [0.4, 0.5) is 0 Å². The van der Waals surface area contributed by atoms with Gasteiger partial charge >= 0.3 is 0 Å². The number of nitrogens with two attached hydrogens (primary N) is 1. The largest absolute Gasteiger partial charge is 0.354 e. The number of rotatable bonds is 6. The van der Waals surface area contributed by atoms with Crippen LogP contribution >= 0.6 is 0 Å². The molecule has 4 heteroatoms. The van der Waals surface area contributed by atoms with E-state index in [1.54, 1.807) is 0 Å². The van der Waals surface area contributed by atoms with Crippen LogP contribution in [0, 0.1) is 5.41 Å². The zero-order chi connectivity index (χ0) is 13.4. The molecule has 18 heavy (non-hydrogen) atoms. The van der Waals surface area contributed by atoms with Gasteiger partial charge in [0.25, 0.3) is 0 Å². The van der Waals surface area contributed by atoms with E-state index in [1.165, 1.54) is 38.8 Å². The highest BCUT2D eigenvalue weighted by atomic mass is 16.2. The average Bonchev–Trinajstić information content (AvgIpc) is 2.57. The third-order valence-corrected chi connectivity index (χ3v) is 3.80. The highest BCUT2D eigenvalue weighted by molar-refractivity contribution is 5.81. The van der Waals surface area contributed by atoms with E-state index in [2.05, 4.69) is 10.2 Å². The first-order chi connectivity index (χ1) is 8.56. The lowest BCUT2D eigenvalue weighted by atomic mass is 9.88. The molecule has 0 aromatic rings. The maximum Gasteiger partial charge on any atom is 0.225 e. The van der Waals surface area contributed by atoms with Crippen molar-refractivity contribution in [3.05, 3.63) is 0 Å². The van der Waals surface area contributed by atoms with E-state index < -0.39 is 0 Å². The fourth-order valence-corrected chi connectivity index (χ4v) is 2.40. The van der Waals surface area contributed by atoms with Crippen molar-refractivity contribution < 1.29 is 4.79 Å². The van der Waals surface area contributed by atoms with Gasteiger partial charge in [0.2, 0.25) is 5.91 Å². The summed E-state index contributed by atoms with van der Waals surface area (Å²) in [4.78, 5) is 14.4. The van der Waals surface area contributed by atoms with Crippen LogP contribution in [-0.4, -0.2) is 43.5 Å². The standard InChI is InChI=1S/C14H29N3O/c1-14(2,7-8-15)13(18)16-9-12-17-10-5-3-4-6-11-17/h3-12,15H2,1-2H3,(H,16,18). The smallest absolute Gasteiger partial charge is 0.225 e. The average molecular weight is 255 g/mol. The summed E-state index contributed by atoms with van der Waals surface area (Å²) in [5.74, 6) is 0.128. The molecule has 0 aromatic heterocycles. The molecule has 4 nitrogen and oxygen atoms in total. The number of carbonyl (C=O) groups is 1. The Morgan fingerprint density at radius 3 is 2.39 bits per heavy atom. The Morgan fingerprint density at radius 1 is 1.22 bits per heavy atom. The molecule has 1 heterocycles. The summed E-state index contributed by atoms with van der Waals surface area (Å²) in [6.45, 7) is 8.58. The molecule has 0 atom stereocenters. The predicted octanol–water partition coefficient (Wildman–Crippen LogP) is 1.35. The highest BCUT2D eigenvalue weighted by Crippen LogP contribution is 2.19. The molecule has 1 rings (SSSR count). The number of likely N-dealkylation sites (tertiary alicyclic amines) is 1. The molecule has 0 radical (unpaired) electrons. The van der Waals surface area contributed by atoms with Crippen LogP contribution < -0.4 is 11.1 Å². The molecular formula is C14H29N3O. The van der Waals surface area contributed by atoms with Gasteiger partial charge in [0.1, 0.15) is 0 Å². The summed E-state index contributed by atoms with van der Waals surface area (Å²) in [6, 6.07) is 0. The Balaban J connectivity index is 2.21. The first-order valence-electron chi connectivity index (χ1n) is 7.27. The van der Waals surface area contributed by atoms with E-state index in [-0.39, 0.29) is 11.3 Å². The molecule has 0 aliphatic carbocycles. The van der Waals surface area contributed by atoms with Gasteiger partial charge in [-0.2, -0.15) is 0 Å². The van der Waals surface area contributed by atoms with Gasteiger partial charge in [0.15, 0.2) is 0 Å². The Labute approximate surface area is 111 Å². The molecule has 106 valence electrons. The van der Waals surface area contributed by atoms with Crippen molar-refractivity contribution in [1.82, 2.24) is 10.2 Å². The number of nitrogens with one attached hydrogen (secondary N) is 1. The number of hydrogen-bond acceptors (Lipinski definition) is 3. The summed E-state index contributed by atoms with van der Waals surface area (Å²) in [7, 11) is 0. The van der Waals surface area contributed by atoms with Gasteiger partial charge in [-0.1, -0.05) is 26.7 Å². The lowest BCUT2D eigenvalue weighted by Gasteiger charge is -2.24. The Kier molecular flexibility index (Phi) is 6.65.